The normalized spacial score (nSPS) is 10.3. The molecule has 0 aliphatic rings. The molecule has 3 aromatic rings. The van der Waals surface area contributed by atoms with E-state index < -0.39 is 0 Å². The van der Waals surface area contributed by atoms with Crippen LogP contribution in [0.5, 0.6) is 5.75 Å². The molecule has 140 valence electrons. The van der Waals surface area contributed by atoms with E-state index >= 15 is 0 Å². The van der Waals surface area contributed by atoms with Gasteiger partial charge in [0.15, 0.2) is 0 Å². The molecule has 0 aliphatic carbocycles. The highest BCUT2D eigenvalue weighted by atomic mass is 16.5. The second kappa shape index (κ2) is 8.68. The molecule has 0 unspecified atom stereocenters. The van der Waals surface area contributed by atoms with E-state index in [1.807, 2.05) is 36.4 Å². The molecule has 0 aliphatic heterocycles. The number of aliphatic hydroxyl groups is 1. The Hall–Kier alpha value is -3.59. The summed E-state index contributed by atoms with van der Waals surface area (Å²) < 4.78 is 5.23. The smallest absolute Gasteiger partial charge is 0.233 e. The van der Waals surface area contributed by atoms with Crippen molar-refractivity contribution in [1.82, 2.24) is 15.0 Å². The standard InChI is InChI=1S/C18H21N7O2/c1-27-15-7-3-6-14(11-15)22-18-24-16(20-8-9-26)23-17(25-18)21-13-5-2-4-12(19)10-13/h2-7,10-11,26H,8-9,19H2,1H3,(H3,20,21,22,23,24,25). The minimum Gasteiger partial charge on any atom is -0.497 e. The molecule has 0 bridgehead atoms. The van der Waals surface area contributed by atoms with Gasteiger partial charge in [-0.2, -0.15) is 15.0 Å². The Kier molecular flexibility index (Phi) is 5.85. The number of benzene rings is 2. The van der Waals surface area contributed by atoms with E-state index in [1.54, 1.807) is 19.2 Å². The lowest BCUT2D eigenvalue weighted by molar-refractivity contribution is 0.311. The number of hydrogen-bond acceptors (Lipinski definition) is 9. The van der Waals surface area contributed by atoms with Crippen molar-refractivity contribution in [3.63, 3.8) is 0 Å². The fourth-order valence-electron chi connectivity index (χ4n) is 2.31. The summed E-state index contributed by atoms with van der Waals surface area (Å²) >= 11 is 0. The molecule has 1 heterocycles. The molecule has 0 spiro atoms. The van der Waals surface area contributed by atoms with E-state index in [1.165, 1.54) is 0 Å². The van der Waals surface area contributed by atoms with Gasteiger partial charge in [-0.25, -0.2) is 0 Å². The third kappa shape index (κ3) is 5.19. The molecule has 0 saturated carbocycles. The highest BCUT2D eigenvalue weighted by Gasteiger charge is 2.08. The first-order valence-corrected chi connectivity index (χ1v) is 8.31. The molecule has 6 N–H and O–H groups in total. The Morgan fingerprint density at radius 3 is 2.19 bits per heavy atom. The number of hydrogen-bond donors (Lipinski definition) is 5. The van der Waals surface area contributed by atoms with Gasteiger partial charge in [-0.1, -0.05) is 12.1 Å². The molecule has 0 atom stereocenters. The Morgan fingerprint density at radius 1 is 0.926 bits per heavy atom. The van der Waals surface area contributed by atoms with E-state index in [4.69, 9.17) is 15.6 Å². The number of anilines is 6. The molecule has 0 radical (unpaired) electrons. The summed E-state index contributed by atoms with van der Waals surface area (Å²) in [5.74, 6) is 1.72. The van der Waals surface area contributed by atoms with Gasteiger partial charge in [0.2, 0.25) is 17.8 Å². The molecule has 9 heteroatoms. The lowest BCUT2D eigenvalue weighted by Crippen LogP contribution is -2.12. The monoisotopic (exact) mass is 367 g/mol. The van der Waals surface area contributed by atoms with E-state index in [0.29, 0.717) is 35.8 Å². The minimum atomic E-state index is -0.0394. The summed E-state index contributed by atoms with van der Waals surface area (Å²) in [6.45, 7) is 0.280. The average Bonchev–Trinajstić information content (AvgIpc) is 2.66. The number of ether oxygens (including phenoxy) is 1. The molecular weight excluding hydrogens is 346 g/mol. The first-order valence-electron chi connectivity index (χ1n) is 8.31. The van der Waals surface area contributed by atoms with Crippen LogP contribution in [0, 0.1) is 0 Å². The zero-order chi connectivity index (χ0) is 19.1. The summed E-state index contributed by atoms with van der Waals surface area (Å²) in [6.07, 6.45) is 0. The van der Waals surface area contributed by atoms with Gasteiger partial charge >= 0.3 is 0 Å². The fourth-order valence-corrected chi connectivity index (χ4v) is 2.31. The molecule has 0 amide bonds. The number of rotatable bonds is 8. The summed E-state index contributed by atoms with van der Waals surface area (Å²) in [7, 11) is 1.60. The summed E-state index contributed by atoms with van der Waals surface area (Å²) in [5, 5.41) is 18.2. The second-order valence-corrected chi connectivity index (χ2v) is 5.56. The zero-order valence-corrected chi connectivity index (χ0v) is 14.8. The van der Waals surface area contributed by atoms with Crippen LogP contribution < -0.4 is 26.4 Å². The van der Waals surface area contributed by atoms with Crippen LogP contribution in [-0.2, 0) is 0 Å². The molecule has 1 aromatic heterocycles. The summed E-state index contributed by atoms with van der Waals surface area (Å²) in [6, 6.07) is 14.7. The molecule has 0 fully saturated rings. The van der Waals surface area contributed by atoms with Gasteiger partial charge in [-0.15, -0.1) is 0 Å². The number of methoxy groups -OCH3 is 1. The Bertz CT molecular complexity index is 904. The molecular formula is C18H21N7O2. The largest absolute Gasteiger partial charge is 0.497 e. The first kappa shape index (κ1) is 18.2. The van der Waals surface area contributed by atoms with Gasteiger partial charge in [-0.05, 0) is 30.3 Å². The minimum absolute atomic E-state index is 0.0394. The number of nitrogens with two attached hydrogens (primary N) is 1. The molecule has 2 aromatic carbocycles. The number of aliphatic hydroxyl groups excluding tert-OH is 1. The summed E-state index contributed by atoms with van der Waals surface area (Å²) in [5.41, 5.74) is 7.96. The predicted molar refractivity (Wildman–Crippen MR) is 106 cm³/mol. The van der Waals surface area contributed by atoms with E-state index in [0.717, 1.165) is 11.4 Å². The number of nitrogens with one attached hydrogen (secondary N) is 3. The van der Waals surface area contributed by atoms with Crippen LogP contribution in [0.1, 0.15) is 0 Å². The van der Waals surface area contributed by atoms with Gasteiger partial charge in [0.25, 0.3) is 0 Å². The Balaban J connectivity index is 1.87. The highest BCUT2D eigenvalue weighted by molar-refractivity contribution is 5.62. The van der Waals surface area contributed by atoms with Crippen LogP contribution >= 0.6 is 0 Å². The van der Waals surface area contributed by atoms with Crippen LogP contribution in [0.15, 0.2) is 48.5 Å². The van der Waals surface area contributed by atoms with Crippen molar-refractivity contribution in [2.24, 2.45) is 0 Å². The maximum absolute atomic E-state index is 9.03. The zero-order valence-electron chi connectivity index (χ0n) is 14.8. The van der Waals surface area contributed by atoms with Gasteiger partial charge in [0.05, 0.1) is 13.7 Å². The lowest BCUT2D eigenvalue weighted by atomic mass is 10.3. The molecule has 27 heavy (non-hydrogen) atoms. The van der Waals surface area contributed by atoms with Crippen molar-refractivity contribution >= 4 is 34.9 Å². The number of nitrogens with zero attached hydrogens (tertiary/aromatic N) is 3. The van der Waals surface area contributed by atoms with Crippen molar-refractivity contribution in [3.05, 3.63) is 48.5 Å². The van der Waals surface area contributed by atoms with Crippen LogP contribution in [0.4, 0.5) is 34.9 Å². The van der Waals surface area contributed by atoms with Crippen molar-refractivity contribution in [2.45, 2.75) is 0 Å². The topological polar surface area (TPSA) is 130 Å². The summed E-state index contributed by atoms with van der Waals surface area (Å²) in [4.78, 5) is 13.0. The van der Waals surface area contributed by atoms with Crippen molar-refractivity contribution in [1.29, 1.82) is 0 Å². The van der Waals surface area contributed by atoms with Gasteiger partial charge < -0.3 is 31.5 Å². The van der Waals surface area contributed by atoms with Crippen molar-refractivity contribution in [2.75, 3.05) is 41.9 Å². The molecule has 3 rings (SSSR count). The molecule has 0 saturated heterocycles. The Morgan fingerprint density at radius 2 is 1.56 bits per heavy atom. The third-order valence-corrected chi connectivity index (χ3v) is 3.50. The fraction of sp³-hybridized carbons (Fsp3) is 0.167. The van der Waals surface area contributed by atoms with Gasteiger partial charge in [0, 0.05) is 29.7 Å². The van der Waals surface area contributed by atoms with Gasteiger partial charge in [0.1, 0.15) is 5.75 Å². The number of aromatic nitrogens is 3. The van der Waals surface area contributed by atoms with E-state index in [-0.39, 0.29) is 6.61 Å². The van der Waals surface area contributed by atoms with Crippen LogP contribution in [0.2, 0.25) is 0 Å². The SMILES string of the molecule is COc1cccc(Nc2nc(NCCO)nc(Nc3cccc(N)c3)n2)c1. The van der Waals surface area contributed by atoms with Crippen LogP contribution in [0.3, 0.4) is 0 Å². The van der Waals surface area contributed by atoms with Crippen molar-refractivity contribution in [3.8, 4) is 5.75 Å². The van der Waals surface area contributed by atoms with Crippen LogP contribution in [0.25, 0.3) is 0 Å². The van der Waals surface area contributed by atoms with Crippen LogP contribution in [-0.4, -0.2) is 40.3 Å². The second-order valence-electron chi connectivity index (χ2n) is 5.56. The quantitative estimate of drug-likeness (QED) is 0.381. The van der Waals surface area contributed by atoms with Gasteiger partial charge in [-0.3, -0.25) is 0 Å². The molecule has 9 nitrogen and oxygen atoms in total. The maximum Gasteiger partial charge on any atom is 0.233 e. The lowest BCUT2D eigenvalue weighted by Gasteiger charge is -2.11. The third-order valence-electron chi connectivity index (χ3n) is 3.50. The average molecular weight is 367 g/mol. The van der Waals surface area contributed by atoms with Crippen molar-refractivity contribution < 1.29 is 9.84 Å². The first-order chi connectivity index (χ1) is 13.2. The maximum atomic E-state index is 9.03. The Labute approximate surface area is 156 Å². The van der Waals surface area contributed by atoms with E-state index in [2.05, 4.69) is 30.9 Å². The number of nitrogen functional groups attached to an aromatic ring is 1. The highest BCUT2D eigenvalue weighted by Crippen LogP contribution is 2.22. The predicted octanol–water partition coefficient (Wildman–Crippen LogP) is 2.35. The van der Waals surface area contributed by atoms with E-state index in [9.17, 15) is 0 Å².